The Morgan fingerprint density at radius 2 is 2.36 bits per heavy atom. The molecule has 1 heterocycles. The van der Waals surface area contributed by atoms with Crippen molar-refractivity contribution in [3.63, 3.8) is 0 Å². The molecule has 1 saturated heterocycles. The first-order chi connectivity index (χ1) is 6.70. The number of rotatable bonds is 6. The average molecular weight is 218 g/mol. The predicted molar refractivity (Wildman–Crippen MR) is 62.8 cm³/mol. The molecule has 0 aromatic heterocycles. The molecule has 14 heavy (non-hydrogen) atoms. The quantitative estimate of drug-likeness (QED) is 0.664. The van der Waals surface area contributed by atoms with Crippen molar-refractivity contribution >= 4 is 11.8 Å². The van der Waals surface area contributed by atoms with Gasteiger partial charge in [-0.15, -0.1) is 0 Å². The topological polar surface area (TPSA) is 38.5 Å². The highest BCUT2D eigenvalue weighted by molar-refractivity contribution is 7.99. The Bertz CT molecular complexity index is 149. The summed E-state index contributed by atoms with van der Waals surface area (Å²) in [6.07, 6.45) is 1.15. The van der Waals surface area contributed by atoms with E-state index in [-0.39, 0.29) is 0 Å². The zero-order valence-electron chi connectivity index (χ0n) is 9.24. The highest BCUT2D eigenvalue weighted by Gasteiger charge is 2.22. The lowest BCUT2D eigenvalue weighted by Crippen LogP contribution is -2.33. The number of ether oxygens (including phenoxy) is 1. The second kappa shape index (κ2) is 6.67. The minimum absolute atomic E-state index is 0.324. The Labute approximate surface area is 91.4 Å². The maximum atomic E-state index is 6.08. The van der Waals surface area contributed by atoms with Gasteiger partial charge >= 0.3 is 0 Å². The van der Waals surface area contributed by atoms with E-state index in [0.29, 0.717) is 12.0 Å². The zero-order chi connectivity index (χ0) is 10.4. The highest BCUT2D eigenvalue weighted by atomic mass is 32.2. The van der Waals surface area contributed by atoms with E-state index in [1.54, 1.807) is 0 Å². The molecule has 0 radical (unpaired) electrons. The molecule has 2 unspecified atom stereocenters. The molecule has 0 bridgehead atoms. The van der Waals surface area contributed by atoms with Crippen molar-refractivity contribution < 1.29 is 4.74 Å². The average Bonchev–Trinajstić information content (AvgIpc) is 2.64. The van der Waals surface area contributed by atoms with Crippen LogP contribution in [0.5, 0.6) is 0 Å². The van der Waals surface area contributed by atoms with Crippen LogP contribution in [0.15, 0.2) is 0 Å². The van der Waals surface area contributed by atoms with Gasteiger partial charge in [-0.25, -0.2) is 0 Å². The van der Waals surface area contributed by atoms with Gasteiger partial charge in [0.1, 0.15) is 0 Å². The second-order valence-electron chi connectivity index (χ2n) is 4.17. The molecule has 1 aliphatic heterocycles. The first-order valence-electron chi connectivity index (χ1n) is 5.26. The molecule has 1 rings (SSSR count). The first kappa shape index (κ1) is 12.3. The molecule has 0 aliphatic carbocycles. The molecule has 0 spiro atoms. The first-order valence-corrected chi connectivity index (χ1v) is 6.41. The maximum absolute atomic E-state index is 6.08. The van der Waals surface area contributed by atoms with Crippen LogP contribution in [0.2, 0.25) is 0 Å². The Morgan fingerprint density at radius 3 is 2.93 bits per heavy atom. The maximum Gasteiger partial charge on any atom is 0.0510 e. The van der Waals surface area contributed by atoms with E-state index >= 15 is 0 Å². The fourth-order valence-electron chi connectivity index (χ4n) is 1.49. The molecule has 0 aromatic carbocycles. The van der Waals surface area contributed by atoms with Crippen LogP contribution in [0.3, 0.4) is 0 Å². The van der Waals surface area contributed by atoms with Crippen molar-refractivity contribution in [3.05, 3.63) is 0 Å². The molecule has 84 valence electrons. The third-order valence-corrected chi connectivity index (χ3v) is 3.66. The number of nitrogens with zero attached hydrogens (tertiary/aromatic N) is 1. The summed E-state index contributed by atoms with van der Waals surface area (Å²) in [5, 5.41) is 0. The van der Waals surface area contributed by atoms with Crippen LogP contribution in [0.4, 0.5) is 0 Å². The highest BCUT2D eigenvalue weighted by Crippen LogP contribution is 2.18. The predicted octanol–water partition coefficient (Wildman–Crippen LogP) is 0.645. The minimum atomic E-state index is 0.324. The molecule has 4 heteroatoms. The van der Waals surface area contributed by atoms with Gasteiger partial charge < -0.3 is 15.4 Å². The van der Waals surface area contributed by atoms with Crippen molar-refractivity contribution in [3.8, 4) is 0 Å². The molecule has 2 N–H and O–H groups in total. The molecular formula is C10H22N2OS. The third-order valence-electron chi connectivity index (χ3n) is 2.56. The lowest BCUT2D eigenvalue weighted by atomic mass is 10.0. The molecule has 0 aromatic rings. The molecule has 3 nitrogen and oxygen atoms in total. The summed E-state index contributed by atoms with van der Waals surface area (Å²) in [4.78, 5) is 2.21. The van der Waals surface area contributed by atoms with Gasteiger partial charge in [0.2, 0.25) is 0 Å². The molecular weight excluding hydrogens is 196 g/mol. The van der Waals surface area contributed by atoms with Crippen LogP contribution in [0.1, 0.15) is 6.42 Å². The summed E-state index contributed by atoms with van der Waals surface area (Å²) in [6, 6.07) is 0.324. The van der Waals surface area contributed by atoms with Gasteiger partial charge in [0, 0.05) is 36.6 Å². The van der Waals surface area contributed by atoms with Crippen molar-refractivity contribution in [2.24, 2.45) is 11.7 Å². The van der Waals surface area contributed by atoms with Gasteiger partial charge in [-0.05, 0) is 20.5 Å². The van der Waals surface area contributed by atoms with Gasteiger partial charge in [0.05, 0.1) is 6.61 Å². The lowest BCUT2D eigenvalue weighted by Gasteiger charge is -2.17. The van der Waals surface area contributed by atoms with Crippen LogP contribution in [-0.4, -0.2) is 56.3 Å². The largest absolute Gasteiger partial charge is 0.381 e. The number of hydrogen-bond acceptors (Lipinski definition) is 4. The Balaban J connectivity index is 1.99. The van der Waals surface area contributed by atoms with E-state index in [2.05, 4.69) is 19.0 Å². The van der Waals surface area contributed by atoms with Crippen molar-refractivity contribution in [2.75, 3.05) is 45.4 Å². The number of hydrogen-bond donors (Lipinski definition) is 1. The van der Waals surface area contributed by atoms with E-state index in [1.165, 1.54) is 5.75 Å². The van der Waals surface area contributed by atoms with Crippen molar-refractivity contribution in [1.82, 2.24) is 4.90 Å². The smallest absolute Gasteiger partial charge is 0.0510 e. The summed E-state index contributed by atoms with van der Waals surface area (Å²) >= 11 is 1.95. The molecule has 2 atom stereocenters. The monoisotopic (exact) mass is 218 g/mol. The Kier molecular flexibility index (Phi) is 5.86. The molecule has 0 saturated carbocycles. The summed E-state index contributed by atoms with van der Waals surface area (Å²) in [5.74, 6) is 2.85. The minimum Gasteiger partial charge on any atom is -0.381 e. The van der Waals surface area contributed by atoms with Crippen LogP contribution in [-0.2, 0) is 4.74 Å². The Hall–Kier alpha value is 0.230. The fraction of sp³-hybridized carbons (Fsp3) is 1.00. The van der Waals surface area contributed by atoms with E-state index in [1.807, 2.05) is 11.8 Å². The van der Waals surface area contributed by atoms with Gasteiger partial charge in [0.15, 0.2) is 0 Å². The van der Waals surface area contributed by atoms with Crippen molar-refractivity contribution in [2.45, 2.75) is 12.5 Å². The van der Waals surface area contributed by atoms with Crippen molar-refractivity contribution in [1.29, 1.82) is 0 Å². The van der Waals surface area contributed by atoms with Gasteiger partial charge in [-0.2, -0.15) is 11.8 Å². The number of nitrogens with two attached hydrogens (primary N) is 1. The Morgan fingerprint density at radius 1 is 1.57 bits per heavy atom. The summed E-state index contributed by atoms with van der Waals surface area (Å²) in [6.45, 7) is 2.91. The van der Waals surface area contributed by atoms with E-state index in [0.717, 1.165) is 31.9 Å². The normalized spacial score (nSPS) is 24.4. The van der Waals surface area contributed by atoms with Gasteiger partial charge in [-0.1, -0.05) is 0 Å². The fourth-order valence-corrected chi connectivity index (χ4v) is 2.70. The van der Waals surface area contributed by atoms with E-state index < -0.39 is 0 Å². The summed E-state index contributed by atoms with van der Waals surface area (Å²) in [5.41, 5.74) is 6.08. The van der Waals surface area contributed by atoms with Gasteiger partial charge in [0.25, 0.3) is 0 Å². The molecule has 0 amide bonds. The van der Waals surface area contributed by atoms with Crippen LogP contribution >= 0.6 is 11.8 Å². The third kappa shape index (κ3) is 4.64. The zero-order valence-corrected chi connectivity index (χ0v) is 10.1. The van der Waals surface area contributed by atoms with E-state index in [9.17, 15) is 0 Å². The van der Waals surface area contributed by atoms with E-state index in [4.69, 9.17) is 10.5 Å². The van der Waals surface area contributed by atoms with Crippen LogP contribution in [0.25, 0.3) is 0 Å². The molecule has 1 fully saturated rings. The van der Waals surface area contributed by atoms with Crippen LogP contribution in [0, 0.1) is 5.92 Å². The summed E-state index contributed by atoms with van der Waals surface area (Å²) in [7, 11) is 4.20. The SMILES string of the molecule is CN(C)CCSCC(N)C1CCOC1. The van der Waals surface area contributed by atoms with Gasteiger partial charge in [-0.3, -0.25) is 0 Å². The second-order valence-corrected chi connectivity index (χ2v) is 5.32. The number of thioether (sulfide) groups is 1. The lowest BCUT2D eigenvalue weighted by molar-refractivity contribution is 0.182. The van der Waals surface area contributed by atoms with Crippen LogP contribution < -0.4 is 5.73 Å². The molecule has 1 aliphatic rings. The summed E-state index contributed by atoms with van der Waals surface area (Å²) < 4.78 is 5.33. The standard InChI is InChI=1S/C10H22N2OS/c1-12(2)4-6-14-8-10(11)9-3-5-13-7-9/h9-10H,3-8,11H2,1-2H3.